The molecule has 0 fully saturated rings. The van der Waals surface area contributed by atoms with Gasteiger partial charge in [0, 0.05) is 32.2 Å². The van der Waals surface area contributed by atoms with Crippen LogP contribution in [0.4, 0.5) is 0 Å². The zero-order valence-electron chi connectivity index (χ0n) is 8.59. The van der Waals surface area contributed by atoms with E-state index in [1.807, 2.05) is 25.4 Å². The van der Waals surface area contributed by atoms with E-state index < -0.39 is 0 Å². The lowest BCUT2D eigenvalue weighted by molar-refractivity contribution is 0.636. The number of aryl methyl sites for hydroxylation is 1. The van der Waals surface area contributed by atoms with Crippen LogP contribution in [-0.4, -0.2) is 19.7 Å². The van der Waals surface area contributed by atoms with Crippen LogP contribution in [0.25, 0.3) is 0 Å². The van der Waals surface area contributed by atoms with E-state index in [2.05, 4.69) is 20.4 Å². The van der Waals surface area contributed by atoms with Crippen molar-refractivity contribution in [2.45, 2.75) is 13.1 Å². The van der Waals surface area contributed by atoms with Gasteiger partial charge in [-0.1, -0.05) is 0 Å². The minimum atomic E-state index is 0.664. The van der Waals surface area contributed by atoms with Crippen molar-refractivity contribution in [2.75, 3.05) is 0 Å². The van der Waals surface area contributed by atoms with Crippen molar-refractivity contribution in [3.05, 3.63) is 42.2 Å². The fourth-order valence-corrected chi connectivity index (χ4v) is 1.28. The van der Waals surface area contributed by atoms with Gasteiger partial charge in [0.15, 0.2) is 0 Å². The Morgan fingerprint density at radius 1 is 1.27 bits per heavy atom. The molecule has 0 spiro atoms. The van der Waals surface area contributed by atoms with Gasteiger partial charge in [0.25, 0.3) is 0 Å². The van der Waals surface area contributed by atoms with E-state index >= 15 is 0 Å². The number of aromatic nitrogens is 4. The zero-order valence-corrected chi connectivity index (χ0v) is 8.59. The Bertz CT molecular complexity index is 409. The summed E-state index contributed by atoms with van der Waals surface area (Å²) < 4.78 is 1.79. The van der Waals surface area contributed by atoms with Crippen molar-refractivity contribution in [2.24, 2.45) is 7.05 Å². The van der Waals surface area contributed by atoms with E-state index in [-0.39, 0.29) is 0 Å². The van der Waals surface area contributed by atoms with Crippen LogP contribution in [0.3, 0.4) is 0 Å². The van der Waals surface area contributed by atoms with Gasteiger partial charge in [-0.25, -0.2) is 9.97 Å². The smallest absolute Gasteiger partial charge is 0.141 e. The summed E-state index contributed by atoms with van der Waals surface area (Å²) in [5, 5.41) is 7.49. The van der Waals surface area contributed by atoms with E-state index in [9.17, 15) is 0 Å². The number of rotatable bonds is 4. The molecule has 0 aliphatic carbocycles. The van der Waals surface area contributed by atoms with E-state index in [1.54, 1.807) is 17.1 Å². The highest BCUT2D eigenvalue weighted by atomic mass is 15.3. The molecule has 2 aromatic heterocycles. The lowest BCUT2D eigenvalue weighted by atomic mass is 10.4. The van der Waals surface area contributed by atoms with Crippen molar-refractivity contribution in [1.29, 1.82) is 0 Å². The first-order valence-electron chi connectivity index (χ1n) is 4.80. The summed E-state index contributed by atoms with van der Waals surface area (Å²) in [5.41, 5.74) is 1.02. The highest BCUT2D eigenvalue weighted by molar-refractivity contribution is 4.98. The minimum Gasteiger partial charge on any atom is -0.304 e. The van der Waals surface area contributed by atoms with E-state index in [0.717, 1.165) is 18.1 Å². The molecule has 0 amide bonds. The monoisotopic (exact) mass is 203 g/mol. The highest BCUT2D eigenvalue weighted by Crippen LogP contribution is 1.94. The van der Waals surface area contributed by atoms with Crippen molar-refractivity contribution < 1.29 is 0 Å². The Balaban J connectivity index is 1.80. The summed E-state index contributed by atoms with van der Waals surface area (Å²) in [6.07, 6.45) is 5.41. The fourth-order valence-electron chi connectivity index (χ4n) is 1.28. The molecule has 0 atom stereocenters. The summed E-state index contributed by atoms with van der Waals surface area (Å²) in [7, 11) is 1.91. The Labute approximate surface area is 88.2 Å². The Kier molecular flexibility index (Phi) is 3.04. The summed E-state index contributed by atoms with van der Waals surface area (Å²) in [5.74, 6) is 0.799. The molecule has 0 aliphatic rings. The molecule has 5 nitrogen and oxygen atoms in total. The third-order valence-corrected chi connectivity index (χ3v) is 1.98. The van der Waals surface area contributed by atoms with Crippen molar-refractivity contribution in [1.82, 2.24) is 25.1 Å². The van der Waals surface area contributed by atoms with Gasteiger partial charge >= 0.3 is 0 Å². The summed E-state index contributed by atoms with van der Waals surface area (Å²) >= 11 is 0. The molecule has 0 unspecified atom stereocenters. The average molecular weight is 203 g/mol. The number of hydrogen-bond donors (Lipinski definition) is 1. The number of nitrogens with one attached hydrogen (secondary N) is 1. The molecule has 15 heavy (non-hydrogen) atoms. The molecule has 78 valence electrons. The molecule has 5 heteroatoms. The maximum absolute atomic E-state index is 4.26. The Hall–Kier alpha value is -1.75. The van der Waals surface area contributed by atoms with Crippen LogP contribution in [-0.2, 0) is 20.1 Å². The normalized spacial score (nSPS) is 10.5. The number of nitrogens with zero attached hydrogens (tertiary/aromatic N) is 4. The van der Waals surface area contributed by atoms with Crippen LogP contribution in [0.1, 0.15) is 11.5 Å². The maximum atomic E-state index is 4.26. The topological polar surface area (TPSA) is 55.6 Å². The van der Waals surface area contributed by atoms with E-state index in [1.165, 1.54) is 0 Å². The molecule has 2 aromatic rings. The third-order valence-electron chi connectivity index (χ3n) is 1.98. The Morgan fingerprint density at radius 2 is 2.07 bits per heavy atom. The zero-order chi connectivity index (χ0) is 10.5. The molecule has 0 saturated carbocycles. The summed E-state index contributed by atoms with van der Waals surface area (Å²) in [6, 6.07) is 3.79. The van der Waals surface area contributed by atoms with Crippen LogP contribution in [0.15, 0.2) is 30.7 Å². The minimum absolute atomic E-state index is 0.664. The molecule has 2 heterocycles. The average Bonchev–Trinajstić information content (AvgIpc) is 2.66. The largest absolute Gasteiger partial charge is 0.304 e. The molecule has 0 aromatic carbocycles. The summed E-state index contributed by atoms with van der Waals surface area (Å²) in [4.78, 5) is 8.23. The van der Waals surface area contributed by atoms with Gasteiger partial charge in [0.05, 0.1) is 12.2 Å². The SMILES string of the molecule is Cn1ccc(CNCc2ncccn2)n1. The van der Waals surface area contributed by atoms with Crippen molar-refractivity contribution in [3.8, 4) is 0 Å². The molecule has 2 rings (SSSR count). The first-order chi connectivity index (χ1) is 7.34. The first kappa shape index (κ1) is 9.79. The van der Waals surface area contributed by atoms with E-state index in [4.69, 9.17) is 0 Å². The van der Waals surface area contributed by atoms with Gasteiger partial charge in [-0.2, -0.15) is 5.10 Å². The first-order valence-corrected chi connectivity index (χ1v) is 4.80. The number of hydrogen-bond acceptors (Lipinski definition) is 4. The lowest BCUT2D eigenvalue weighted by Crippen LogP contribution is -2.15. The van der Waals surface area contributed by atoms with Crippen LogP contribution < -0.4 is 5.32 Å². The predicted molar refractivity (Wildman–Crippen MR) is 55.8 cm³/mol. The summed E-state index contributed by atoms with van der Waals surface area (Å²) in [6.45, 7) is 1.40. The molecular formula is C10H13N5. The molecule has 1 N–H and O–H groups in total. The fraction of sp³-hybridized carbons (Fsp3) is 0.300. The van der Waals surface area contributed by atoms with Crippen LogP contribution in [0, 0.1) is 0 Å². The van der Waals surface area contributed by atoms with Crippen LogP contribution >= 0.6 is 0 Å². The van der Waals surface area contributed by atoms with Crippen LogP contribution in [0.5, 0.6) is 0 Å². The van der Waals surface area contributed by atoms with Gasteiger partial charge in [0.1, 0.15) is 5.82 Å². The maximum Gasteiger partial charge on any atom is 0.141 e. The van der Waals surface area contributed by atoms with Crippen molar-refractivity contribution >= 4 is 0 Å². The van der Waals surface area contributed by atoms with Gasteiger partial charge in [-0.05, 0) is 12.1 Å². The van der Waals surface area contributed by atoms with E-state index in [0.29, 0.717) is 6.54 Å². The molecule has 0 aliphatic heterocycles. The Morgan fingerprint density at radius 3 is 2.73 bits per heavy atom. The third kappa shape index (κ3) is 2.85. The second-order valence-electron chi connectivity index (χ2n) is 3.25. The van der Waals surface area contributed by atoms with Gasteiger partial charge < -0.3 is 5.32 Å². The predicted octanol–water partition coefficient (Wildman–Crippen LogP) is 0.500. The second kappa shape index (κ2) is 4.65. The van der Waals surface area contributed by atoms with Gasteiger partial charge in [-0.3, -0.25) is 4.68 Å². The lowest BCUT2D eigenvalue weighted by Gasteiger charge is -2.00. The van der Waals surface area contributed by atoms with Gasteiger partial charge in [0.2, 0.25) is 0 Å². The molecule has 0 bridgehead atoms. The van der Waals surface area contributed by atoms with Gasteiger partial charge in [-0.15, -0.1) is 0 Å². The standard InChI is InChI=1S/C10H13N5/c1-15-6-3-9(14-15)7-11-8-10-12-4-2-5-13-10/h2-6,11H,7-8H2,1H3. The highest BCUT2D eigenvalue weighted by Gasteiger charge is 1.97. The van der Waals surface area contributed by atoms with Crippen LogP contribution in [0.2, 0.25) is 0 Å². The molecule has 0 saturated heterocycles. The molecule has 0 radical (unpaired) electrons. The molecular weight excluding hydrogens is 190 g/mol. The van der Waals surface area contributed by atoms with Crippen molar-refractivity contribution in [3.63, 3.8) is 0 Å². The quantitative estimate of drug-likeness (QED) is 0.786. The second-order valence-corrected chi connectivity index (χ2v) is 3.25.